The van der Waals surface area contributed by atoms with Gasteiger partial charge in [0.2, 0.25) is 15.9 Å². The predicted molar refractivity (Wildman–Crippen MR) is 126 cm³/mol. The van der Waals surface area contributed by atoms with Gasteiger partial charge in [0.15, 0.2) is 0 Å². The molecular weight excluding hydrogens is 532 g/mol. The molecule has 0 bridgehead atoms. The molecule has 1 aliphatic rings. The number of hydrogen-bond acceptors (Lipinski definition) is 3. The summed E-state index contributed by atoms with van der Waals surface area (Å²) in [6.45, 7) is 1.72. The maximum Gasteiger partial charge on any atom is 0.243 e. The van der Waals surface area contributed by atoms with Crippen molar-refractivity contribution in [3.8, 4) is 0 Å². The van der Waals surface area contributed by atoms with Gasteiger partial charge >= 0.3 is 0 Å². The molecule has 1 N–H and O–H groups in total. The number of carbonyl (C=O) groups excluding carboxylic acids is 1. The minimum atomic E-state index is -3.78. The van der Waals surface area contributed by atoms with E-state index >= 15 is 0 Å². The summed E-state index contributed by atoms with van der Waals surface area (Å²) in [6, 6.07) is 13.9. The number of benzene rings is 2. The normalized spacial score (nSPS) is 16.4. The third kappa shape index (κ3) is 5.93. The smallest absolute Gasteiger partial charge is 0.243 e. The summed E-state index contributed by atoms with van der Waals surface area (Å²) < 4.78 is 30.0. The number of amides is 1. The molecule has 1 fully saturated rings. The molecule has 2 aromatic rings. The lowest BCUT2D eigenvalue weighted by atomic mass is 9.95. The van der Waals surface area contributed by atoms with Crippen molar-refractivity contribution in [3.63, 3.8) is 0 Å². The van der Waals surface area contributed by atoms with Crippen LogP contribution < -0.4 is 5.32 Å². The largest absolute Gasteiger partial charge is 0.348 e. The molecule has 162 valence electrons. The monoisotopic (exact) mass is 556 g/mol. The van der Waals surface area contributed by atoms with Crippen LogP contribution in [-0.4, -0.2) is 31.2 Å². The fourth-order valence-corrected chi connectivity index (χ4v) is 6.13. The highest BCUT2D eigenvalue weighted by molar-refractivity contribution is 9.10. The molecular formula is C22H26Br2N2O3S. The molecule has 0 radical (unpaired) electrons. The van der Waals surface area contributed by atoms with Crippen LogP contribution >= 0.6 is 31.9 Å². The van der Waals surface area contributed by atoms with Crippen LogP contribution in [0.25, 0.3) is 0 Å². The first-order valence-corrected chi connectivity index (χ1v) is 13.1. The molecule has 0 saturated heterocycles. The number of rotatable bonds is 7. The van der Waals surface area contributed by atoms with Gasteiger partial charge in [-0.3, -0.25) is 4.79 Å². The van der Waals surface area contributed by atoms with Crippen LogP contribution in [0.5, 0.6) is 0 Å². The summed E-state index contributed by atoms with van der Waals surface area (Å²) in [4.78, 5) is 13.1. The standard InChI is InChI=1S/C22H26Br2N2O3S/c1-16(17-6-5-7-19(24)14-17)25-22(27)15-26(20-8-3-2-4-9-20)30(28,29)21-12-10-18(23)11-13-21/h5-7,10-14,16,20H,2-4,8-9,15H2,1H3,(H,25,27). The molecule has 0 heterocycles. The van der Waals surface area contributed by atoms with Crippen molar-refractivity contribution in [2.24, 2.45) is 0 Å². The second kappa shape index (κ2) is 10.4. The molecule has 0 spiro atoms. The Bertz CT molecular complexity index is 974. The number of nitrogens with one attached hydrogen (secondary N) is 1. The molecule has 2 aromatic carbocycles. The van der Waals surface area contributed by atoms with E-state index < -0.39 is 10.0 Å². The third-order valence-electron chi connectivity index (χ3n) is 5.43. The zero-order valence-electron chi connectivity index (χ0n) is 16.9. The zero-order valence-corrected chi connectivity index (χ0v) is 20.8. The summed E-state index contributed by atoms with van der Waals surface area (Å²) in [7, 11) is -3.78. The van der Waals surface area contributed by atoms with Crippen molar-refractivity contribution in [2.75, 3.05) is 6.54 Å². The maximum atomic E-state index is 13.4. The predicted octanol–water partition coefficient (Wildman–Crippen LogP) is 5.41. The molecule has 0 aliphatic heterocycles. The zero-order chi connectivity index (χ0) is 21.7. The molecule has 1 amide bonds. The van der Waals surface area contributed by atoms with Crippen LogP contribution in [0.1, 0.15) is 50.6 Å². The molecule has 1 aliphatic carbocycles. The van der Waals surface area contributed by atoms with Crippen LogP contribution in [0.3, 0.4) is 0 Å². The van der Waals surface area contributed by atoms with Gasteiger partial charge in [0.1, 0.15) is 0 Å². The van der Waals surface area contributed by atoms with Gasteiger partial charge < -0.3 is 5.32 Å². The first kappa shape index (κ1) is 23.4. The van der Waals surface area contributed by atoms with Gasteiger partial charge in [-0.2, -0.15) is 4.31 Å². The SMILES string of the molecule is CC(NC(=O)CN(C1CCCCC1)S(=O)(=O)c1ccc(Br)cc1)c1cccc(Br)c1. The van der Waals surface area contributed by atoms with E-state index in [0.29, 0.717) is 0 Å². The Kier molecular flexibility index (Phi) is 8.12. The van der Waals surface area contributed by atoms with E-state index in [1.807, 2.05) is 31.2 Å². The number of nitrogens with zero attached hydrogens (tertiary/aromatic N) is 1. The van der Waals surface area contributed by atoms with Gasteiger partial charge in [0.05, 0.1) is 17.5 Å². The fourth-order valence-electron chi connectivity index (χ4n) is 3.81. The highest BCUT2D eigenvalue weighted by atomic mass is 79.9. The fraction of sp³-hybridized carbons (Fsp3) is 0.409. The number of sulfonamides is 1. The first-order valence-electron chi connectivity index (χ1n) is 10.1. The average molecular weight is 558 g/mol. The second-order valence-corrected chi connectivity index (χ2v) is 11.4. The third-order valence-corrected chi connectivity index (χ3v) is 8.36. The van der Waals surface area contributed by atoms with Crippen LogP contribution in [0.15, 0.2) is 62.4 Å². The summed E-state index contributed by atoms with van der Waals surface area (Å²) in [6.07, 6.45) is 4.63. The molecule has 1 saturated carbocycles. The second-order valence-electron chi connectivity index (χ2n) is 7.64. The van der Waals surface area contributed by atoms with E-state index in [1.165, 1.54) is 4.31 Å². The molecule has 8 heteroatoms. The van der Waals surface area contributed by atoms with E-state index in [0.717, 1.165) is 46.6 Å². The minimum Gasteiger partial charge on any atom is -0.348 e. The van der Waals surface area contributed by atoms with Gasteiger partial charge in [0, 0.05) is 15.0 Å². The van der Waals surface area contributed by atoms with Crippen molar-refractivity contribution in [2.45, 2.75) is 56.0 Å². The van der Waals surface area contributed by atoms with Crippen LogP contribution in [0, 0.1) is 0 Å². The van der Waals surface area contributed by atoms with Gasteiger partial charge in [0.25, 0.3) is 0 Å². The average Bonchev–Trinajstić information content (AvgIpc) is 2.73. The summed E-state index contributed by atoms with van der Waals surface area (Å²) in [5.74, 6) is -0.297. The van der Waals surface area contributed by atoms with Crippen molar-refractivity contribution < 1.29 is 13.2 Å². The van der Waals surface area contributed by atoms with Crippen LogP contribution in [0.4, 0.5) is 0 Å². The highest BCUT2D eigenvalue weighted by Gasteiger charge is 2.34. The van der Waals surface area contributed by atoms with E-state index in [2.05, 4.69) is 37.2 Å². The lowest BCUT2D eigenvalue weighted by Gasteiger charge is -2.33. The lowest BCUT2D eigenvalue weighted by Crippen LogP contribution is -2.47. The highest BCUT2D eigenvalue weighted by Crippen LogP contribution is 2.28. The topological polar surface area (TPSA) is 66.5 Å². The Morgan fingerprint density at radius 1 is 1.07 bits per heavy atom. The van der Waals surface area contributed by atoms with Crippen LogP contribution in [0.2, 0.25) is 0 Å². The Hall–Kier alpha value is -1.22. The Balaban J connectivity index is 1.80. The molecule has 0 aromatic heterocycles. The van der Waals surface area contributed by atoms with Gasteiger partial charge in [-0.15, -0.1) is 0 Å². The number of hydrogen-bond donors (Lipinski definition) is 1. The van der Waals surface area contributed by atoms with Crippen molar-refractivity contribution in [3.05, 3.63) is 63.0 Å². The molecule has 3 rings (SSSR count). The van der Waals surface area contributed by atoms with Crippen molar-refractivity contribution in [1.29, 1.82) is 0 Å². The molecule has 1 atom stereocenters. The number of halogens is 2. The van der Waals surface area contributed by atoms with E-state index in [9.17, 15) is 13.2 Å². The van der Waals surface area contributed by atoms with E-state index in [1.54, 1.807) is 24.3 Å². The van der Waals surface area contributed by atoms with Crippen molar-refractivity contribution >= 4 is 47.8 Å². The Morgan fingerprint density at radius 3 is 2.37 bits per heavy atom. The summed E-state index contributed by atoms with van der Waals surface area (Å²) in [5, 5.41) is 2.95. The van der Waals surface area contributed by atoms with Gasteiger partial charge in [-0.1, -0.05) is 63.3 Å². The van der Waals surface area contributed by atoms with E-state index in [-0.39, 0.29) is 29.4 Å². The quantitative estimate of drug-likeness (QED) is 0.495. The Morgan fingerprint density at radius 2 is 1.73 bits per heavy atom. The number of carbonyl (C=O) groups is 1. The van der Waals surface area contributed by atoms with E-state index in [4.69, 9.17) is 0 Å². The van der Waals surface area contributed by atoms with Crippen molar-refractivity contribution in [1.82, 2.24) is 9.62 Å². The van der Waals surface area contributed by atoms with Gasteiger partial charge in [-0.25, -0.2) is 8.42 Å². The molecule has 30 heavy (non-hydrogen) atoms. The van der Waals surface area contributed by atoms with Crippen LogP contribution in [-0.2, 0) is 14.8 Å². The Labute approximate surface area is 195 Å². The summed E-state index contributed by atoms with van der Waals surface area (Å²) in [5.41, 5.74) is 0.956. The minimum absolute atomic E-state index is 0.153. The molecule has 5 nitrogen and oxygen atoms in total. The maximum absolute atomic E-state index is 13.4. The lowest BCUT2D eigenvalue weighted by molar-refractivity contribution is -0.122. The van der Waals surface area contributed by atoms with Gasteiger partial charge in [-0.05, 0) is 61.7 Å². The summed E-state index contributed by atoms with van der Waals surface area (Å²) >= 11 is 6.79. The molecule has 1 unspecified atom stereocenters. The first-order chi connectivity index (χ1) is 14.3.